The Kier molecular flexibility index (Phi) is 4.48. The molecule has 23 heavy (non-hydrogen) atoms. The van der Waals surface area contributed by atoms with Gasteiger partial charge in [-0.2, -0.15) is 0 Å². The predicted molar refractivity (Wildman–Crippen MR) is 94.4 cm³/mol. The van der Waals surface area contributed by atoms with Gasteiger partial charge in [0.2, 0.25) is 11.8 Å². The van der Waals surface area contributed by atoms with Crippen molar-refractivity contribution in [3.8, 4) is 0 Å². The maximum atomic E-state index is 12.4. The van der Waals surface area contributed by atoms with Crippen LogP contribution < -0.4 is 10.2 Å². The van der Waals surface area contributed by atoms with Crippen molar-refractivity contribution < 1.29 is 9.59 Å². The van der Waals surface area contributed by atoms with E-state index in [-0.39, 0.29) is 24.2 Å². The van der Waals surface area contributed by atoms with Crippen LogP contribution in [-0.4, -0.2) is 18.4 Å². The molecule has 2 amide bonds. The minimum atomic E-state index is -0.337. The molecule has 0 aromatic heterocycles. The van der Waals surface area contributed by atoms with Crippen molar-refractivity contribution in [2.75, 3.05) is 16.8 Å². The summed E-state index contributed by atoms with van der Waals surface area (Å²) in [7, 11) is 0. The summed E-state index contributed by atoms with van der Waals surface area (Å²) >= 11 is 3.41. The molecule has 1 aliphatic heterocycles. The van der Waals surface area contributed by atoms with E-state index in [0.717, 1.165) is 21.4 Å². The lowest BCUT2D eigenvalue weighted by molar-refractivity contribution is -0.122. The minimum Gasteiger partial charge on any atom is -0.325 e. The molecule has 4 nitrogen and oxygen atoms in total. The van der Waals surface area contributed by atoms with Crippen LogP contribution in [0.2, 0.25) is 0 Å². The van der Waals surface area contributed by atoms with Crippen LogP contribution in [0.3, 0.4) is 0 Å². The third-order valence-electron chi connectivity index (χ3n) is 3.97. The van der Waals surface area contributed by atoms with Gasteiger partial charge in [-0.3, -0.25) is 9.59 Å². The molecule has 1 heterocycles. The van der Waals surface area contributed by atoms with Crippen molar-refractivity contribution in [2.45, 2.75) is 13.3 Å². The van der Waals surface area contributed by atoms with Crippen LogP contribution in [0, 0.1) is 12.8 Å². The number of benzene rings is 2. The van der Waals surface area contributed by atoms with Crippen LogP contribution in [0.15, 0.2) is 53.0 Å². The lowest BCUT2D eigenvalue weighted by Crippen LogP contribution is -2.28. The summed E-state index contributed by atoms with van der Waals surface area (Å²) in [6.07, 6.45) is 0.240. The number of anilines is 2. The second-order valence-corrected chi connectivity index (χ2v) is 6.56. The zero-order chi connectivity index (χ0) is 16.4. The lowest BCUT2D eigenvalue weighted by Gasteiger charge is -2.17. The molecular weight excluding hydrogens is 356 g/mol. The first-order chi connectivity index (χ1) is 11.0. The molecule has 1 aliphatic rings. The van der Waals surface area contributed by atoms with E-state index in [0.29, 0.717) is 6.54 Å². The Bertz CT molecular complexity index is 743. The molecule has 0 bridgehead atoms. The van der Waals surface area contributed by atoms with Gasteiger partial charge in [0.15, 0.2) is 0 Å². The second kappa shape index (κ2) is 6.54. The maximum absolute atomic E-state index is 12.4. The predicted octanol–water partition coefficient (Wildman–Crippen LogP) is 3.75. The van der Waals surface area contributed by atoms with Gasteiger partial charge in [-0.15, -0.1) is 0 Å². The Morgan fingerprint density at radius 1 is 1.17 bits per heavy atom. The molecule has 0 radical (unpaired) electrons. The van der Waals surface area contributed by atoms with Crippen molar-refractivity contribution in [2.24, 2.45) is 5.92 Å². The molecule has 5 heteroatoms. The molecule has 1 N–H and O–H groups in total. The Balaban J connectivity index is 1.71. The van der Waals surface area contributed by atoms with Crippen molar-refractivity contribution >= 4 is 39.1 Å². The first-order valence-corrected chi connectivity index (χ1v) is 8.26. The molecule has 3 rings (SSSR count). The van der Waals surface area contributed by atoms with Gasteiger partial charge in [0.1, 0.15) is 0 Å². The number of amides is 2. The topological polar surface area (TPSA) is 49.4 Å². The summed E-state index contributed by atoms with van der Waals surface area (Å²) in [5, 5.41) is 2.89. The fraction of sp³-hybridized carbons (Fsp3) is 0.222. The summed E-state index contributed by atoms with van der Waals surface area (Å²) in [4.78, 5) is 26.3. The highest BCUT2D eigenvalue weighted by atomic mass is 79.9. The number of nitrogens with zero attached hydrogens (tertiary/aromatic N) is 1. The third-order valence-corrected chi connectivity index (χ3v) is 4.66. The molecule has 118 valence electrons. The van der Waals surface area contributed by atoms with E-state index in [1.807, 2.05) is 55.5 Å². The van der Waals surface area contributed by atoms with Crippen molar-refractivity contribution in [1.82, 2.24) is 0 Å². The van der Waals surface area contributed by atoms with E-state index in [1.54, 1.807) is 4.90 Å². The Hall–Kier alpha value is -2.14. The average Bonchev–Trinajstić information content (AvgIpc) is 2.92. The fourth-order valence-electron chi connectivity index (χ4n) is 2.65. The standard InChI is InChI=1S/C18H17BrN2O2/c1-12-6-8-14(9-7-12)21-11-13(10-17(21)22)18(23)20-16-5-3-2-4-15(16)19/h2-9,13H,10-11H2,1H3,(H,20,23)/t13-/m0/s1. The Labute approximate surface area is 143 Å². The first kappa shape index (κ1) is 15.7. The zero-order valence-corrected chi connectivity index (χ0v) is 14.3. The molecule has 0 aliphatic carbocycles. The van der Waals surface area contributed by atoms with Gasteiger partial charge >= 0.3 is 0 Å². The summed E-state index contributed by atoms with van der Waals surface area (Å²) in [5.74, 6) is -0.475. The van der Waals surface area contributed by atoms with Crippen molar-refractivity contribution in [3.05, 3.63) is 58.6 Å². The number of carbonyl (C=O) groups excluding carboxylic acids is 2. The van der Waals surface area contributed by atoms with E-state index in [4.69, 9.17) is 0 Å². The molecular formula is C18H17BrN2O2. The average molecular weight is 373 g/mol. The van der Waals surface area contributed by atoms with Gasteiger partial charge in [-0.25, -0.2) is 0 Å². The smallest absolute Gasteiger partial charge is 0.229 e. The van der Waals surface area contributed by atoms with Gasteiger partial charge in [-0.05, 0) is 47.1 Å². The fourth-order valence-corrected chi connectivity index (χ4v) is 3.04. The summed E-state index contributed by atoms with van der Waals surface area (Å²) < 4.78 is 0.827. The van der Waals surface area contributed by atoms with Crippen molar-refractivity contribution in [1.29, 1.82) is 0 Å². The molecule has 0 spiro atoms. The van der Waals surface area contributed by atoms with Gasteiger partial charge in [0.25, 0.3) is 0 Å². The van der Waals surface area contributed by atoms with E-state index in [2.05, 4.69) is 21.2 Å². The van der Waals surface area contributed by atoms with Crippen LogP contribution in [-0.2, 0) is 9.59 Å². The lowest BCUT2D eigenvalue weighted by atomic mass is 10.1. The number of rotatable bonds is 3. The summed E-state index contributed by atoms with van der Waals surface area (Å²) in [5.41, 5.74) is 2.71. The summed E-state index contributed by atoms with van der Waals surface area (Å²) in [6, 6.07) is 15.2. The highest BCUT2D eigenvalue weighted by Crippen LogP contribution is 2.27. The molecule has 0 unspecified atom stereocenters. The van der Waals surface area contributed by atoms with Gasteiger partial charge in [0, 0.05) is 23.1 Å². The SMILES string of the molecule is Cc1ccc(N2C[C@@H](C(=O)Nc3ccccc3Br)CC2=O)cc1. The monoisotopic (exact) mass is 372 g/mol. The minimum absolute atomic E-state index is 0.0128. The maximum Gasteiger partial charge on any atom is 0.229 e. The number of nitrogens with one attached hydrogen (secondary N) is 1. The van der Waals surface area contributed by atoms with E-state index in [9.17, 15) is 9.59 Å². The number of hydrogen-bond acceptors (Lipinski definition) is 2. The van der Waals surface area contributed by atoms with Crippen LogP contribution in [0.5, 0.6) is 0 Å². The van der Waals surface area contributed by atoms with E-state index >= 15 is 0 Å². The number of carbonyl (C=O) groups is 2. The van der Waals surface area contributed by atoms with Gasteiger partial charge < -0.3 is 10.2 Å². The molecule has 0 saturated carbocycles. The third kappa shape index (κ3) is 3.45. The molecule has 1 fully saturated rings. The quantitative estimate of drug-likeness (QED) is 0.891. The zero-order valence-electron chi connectivity index (χ0n) is 12.8. The number of aryl methyl sites for hydroxylation is 1. The van der Waals surface area contributed by atoms with Crippen LogP contribution in [0.4, 0.5) is 11.4 Å². The molecule has 2 aromatic rings. The van der Waals surface area contributed by atoms with Gasteiger partial charge in [-0.1, -0.05) is 29.8 Å². The normalized spacial score (nSPS) is 17.4. The number of para-hydroxylation sites is 1. The Morgan fingerprint density at radius 2 is 1.87 bits per heavy atom. The Morgan fingerprint density at radius 3 is 2.57 bits per heavy atom. The van der Waals surface area contributed by atoms with Crippen molar-refractivity contribution in [3.63, 3.8) is 0 Å². The molecule has 1 saturated heterocycles. The largest absolute Gasteiger partial charge is 0.325 e. The van der Waals surface area contributed by atoms with Crippen LogP contribution >= 0.6 is 15.9 Å². The number of halogens is 1. The van der Waals surface area contributed by atoms with Crippen LogP contribution in [0.25, 0.3) is 0 Å². The van der Waals surface area contributed by atoms with E-state index < -0.39 is 0 Å². The van der Waals surface area contributed by atoms with Crippen LogP contribution in [0.1, 0.15) is 12.0 Å². The highest BCUT2D eigenvalue weighted by molar-refractivity contribution is 9.10. The summed E-state index contributed by atoms with van der Waals surface area (Å²) in [6.45, 7) is 2.42. The molecule has 1 atom stereocenters. The highest BCUT2D eigenvalue weighted by Gasteiger charge is 2.35. The first-order valence-electron chi connectivity index (χ1n) is 7.47. The van der Waals surface area contributed by atoms with Gasteiger partial charge in [0.05, 0.1) is 11.6 Å². The second-order valence-electron chi connectivity index (χ2n) is 5.71. The van der Waals surface area contributed by atoms with E-state index in [1.165, 1.54) is 0 Å². The number of hydrogen-bond donors (Lipinski definition) is 1. The molecule has 2 aromatic carbocycles.